The third kappa shape index (κ3) is 3.78. The molecule has 1 atom stereocenters. The molecular weight excluding hydrogens is 264 g/mol. The summed E-state index contributed by atoms with van der Waals surface area (Å²) in [5.41, 5.74) is -0.636. The molecule has 0 aromatic carbocycles. The molecule has 4 nitrogen and oxygen atoms in total. The zero-order valence-electron chi connectivity index (χ0n) is 13.3. The predicted molar refractivity (Wildman–Crippen MR) is 83.0 cm³/mol. The molecule has 3 aliphatic rings. The van der Waals surface area contributed by atoms with Gasteiger partial charge in [-0.25, -0.2) is 0 Å². The van der Waals surface area contributed by atoms with E-state index in [2.05, 4.69) is 12.2 Å². The molecule has 3 rings (SSSR count). The molecule has 1 heterocycles. The van der Waals surface area contributed by atoms with E-state index in [0.29, 0.717) is 12.6 Å². The van der Waals surface area contributed by atoms with Crippen molar-refractivity contribution >= 4 is 5.91 Å². The van der Waals surface area contributed by atoms with E-state index in [1.807, 2.05) is 4.90 Å². The summed E-state index contributed by atoms with van der Waals surface area (Å²) in [6.07, 6.45) is 9.60. The van der Waals surface area contributed by atoms with Crippen molar-refractivity contribution in [1.82, 2.24) is 10.2 Å². The molecule has 120 valence electrons. The maximum Gasteiger partial charge on any atom is 0.239 e. The minimum absolute atomic E-state index is 0.00170. The van der Waals surface area contributed by atoms with Crippen LogP contribution in [0.25, 0.3) is 0 Å². The fourth-order valence-electron chi connectivity index (χ4n) is 3.92. The average Bonchev–Trinajstić information content (AvgIpc) is 3.28. The van der Waals surface area contributed by atoms with Crippen LogP contribution < -0.4 is 5.32 Å². The van der Waals surface area contributed by atoms with E-state index >= 15 is 0 Å². The quantitative estimate of drug-likeness (QED) is 0.816. The monoisotopic (exact) mass is 294 g/mol. The van der Waals surface area contributed by atoms with Crippen molar-refractivity contribution in [2.75, 3.05) is 13.1 Å². The van der Waals surface area contributed by atoms with E-state index in [1.165, 1.54) is 19.3 Å². The molecule has 4 heteroatoms. The fraction of sp³-hybridized carbons (Fsp3) is 0.941. The summed E-state index contributed by atoms with van der Waals surface area (Å²) in [4.78, 5) is 14.5. The van der Waals surface area contributed by atoms with E-state index in [9.17, 15) is 9.90 Å². The van der Waals surface area contributed by atoms with Gasteiger partial charge < -0.3 is 15.3 Å². The van der Waals surface area contributed by atoms with Gasteiger partial charge in [0.2, 0.25) is 5.91 Å². The molecule has 0 bridgehead atoms. The van der Waals surface area contributed by atoms with Crippen molar-refractivity contribution in [2.24, 2.45) is 5.92 Å². The average molecular weight is 294 g/mol. The largest absolute Gasteiger partial charge is 0.388 e. The lowest BCUT2D eigenvalue weighted by Gasteiger charge is -2.42. The van der Waals surface area contributed by atoms with Crippen LogP contribution in [0.4, 0.5) is 0 Å². The Hall–Kier alpha value is -0.610. The number of nitrogens with one attached hydrogen (secondary N) is 1. The number of carbonyl (C=O) groups excluding carboxylic acids is 1. The minimum Gasteiger partial charge on any atom is -0.388 e. The zero-order chi connectivity index (χ0) is 14.9. The van der Waals surface area contributed by atoms with Gasteiger partial charge in [0.1, 0.15) is 0 Å². The number of aliphatic hydroxyl groups is 1. The number of hydrogen-bond donors (Lipinski definition) is 2. The Labute approximate surface area is 128 Å². The summed E-state index contributed by atoms with van der Waals surface area (Å²) in [5.74, 6) is 0.991. The van der Waals surface area contributed by atoms with E-state index in [0.717, 1.165) is 51.0 Å². The predicted octanol–water partition coefficient (Wildman–Crippen LogP) is 2.06. The maximum atomic E-state index is 12.6. The Balaban J connectivity index is 1.54. The lowest BCUT2D eigenvalue weighted by molar-refractivity contribution is -0.141. The number of carbonyl (C=O) groups is 1. The third-order valence-corrected chi connectivity index (χ3v) is 5.64. The standard InChI is InChI=1S/C17H30N2O2/c1-2-13-7-9-17(21,10-8-13)12-19-11-3-4-15(16(19)20)18-14-5-6-14/h13-15,18,21H,2-12H2,1H3. The van der Waals surface area contributed by atoms with Gasteiger partial charge in [0.05, 0.1) is 11.6 Å². The molecule has 2 aliphatic carbocycles. The number of amides is 1. The van der Waals surface area contributed by atoms with Gasteiger partial charge in [0, 0.05) is 19.1 Å². The number of hydrogen-bond acceptors (Lipinski definition) is 3. The van der Waals surface area contributed by atoms with E-state index < -0.39 is 5.60 Å². The molecule has 2 saturated carbocycles. The van der Waals surface area contributed by atoms with E-state index in [4.69, 9.17) is 0 Å². The Morgan fingerprint density at radius 2 is 1.95 bits per heavy atom. The molecular formula is C17H30N2O2. The van der Waals surface area contributed by atoms with Crippen LogP contribution in [0.15, 0.2) is 0 Å². The number of nitrogens with zero attached hydrogens (tertiary/aromatic N) is 1. The molecule has 1 saturated heterocycles. The highest BCUT2D eigenvalue weighted by molar-refractivity contribution is 5.82. The normalized spacial score (nSPS) is 37.8. The first-order valence-electron chi connectivity index (χ1n) is 8.87. The van der Waals surface area contributed by atoms with Crippen LogP contribution >= 0.6 is 0 Å². The molecule has 1 aliphatic heterocycles. The molecule has 1 amide bonds. The van der Waals surface area contributed by atoms with Crippen LogP contribution in [-0.2, 0) is 4.79 Å². The zero-order valence-corrected chi connectivity index (χ0v) is 13.3. The highest BCUT2D eigenvalue weighted by Crippen LogP contribution is 2.35. The first-order chi connectivity index (χ1) is 10.1. The number of likely N-dealkylation sites (tertiary alicyclic amines) is 1. The van der Waals surface area contributed by atoms with Gasteiger partial charge in [-0.2, -0.15) is 0 Å². The Morgan fingerprint density at radius 3 is 2.57 bits per heavy atom. The summed E-state index contributed by atoms with van der Waals surface area (Å²) in [6, 6.07) is 0.573. The summed E-state index contributed by atoms with van der Waals surface area (Å²) in [5, 5.41) is 14.3. The molecule has 0 spiro atoms. The third-order valence-electron chi connectivity index (χ3n) is 5.64. The Kier molecular flexibility index (Phi) is 4.55. The summed E-state index contributed by atoms with van der Waals surface area (Å²) in [6.45, 7) is 3.60. The number of piperidine rings is 1. The maximum absolute atomic E-state index is 12.6. The molecule has 21 heavy (non-hydrogen) atoms. The van der Waals surface area contributed by atoms with Crippen LogP contribution in [-0.4, -0.2) is 46.7 Å². The minimum atomic E-state index is -0.636. The van der Waals surface area contributed by atoms with Crippen molar-refractivity contribution in [3.05, 3.63) is 0 Å². The second-order valence-electron chi connectivity index (χ2n) is 7.47. The van der Waals surface area contributed by atoms with Gasteiger partial charge in [-0.05, 0) is 57.3 Å². The van der Waals surface area contributed by atoms with Crippen molar-refractivity contribution in [1.29, 1.82) is 0 Å². The second-order valence-corrected chi connectivity index (χ2v) is 7.47. The van der Waals surface area contributed by atoms with Crippen LogP contribution in [0.3, 0.4) is 0 Å². The van der Waals surface area contributed by atoms with E-state index in [-0.39, 0.29) is 11.9 Å². The van der Waals surface area contributed by atoms with Crippen LogP contribution in [0.1, 0.15) is 64.7 Å². The molecule has 3 fully saturated rings. The van der Waals surface area contributed by atoms with Crippen LogP contribution in [0.2, 0.25) is 0 Å². The molecule has 0 radical (unpaired) electrons. The van der Waals surface area contributed by atoms with Crippen LogP contribution in [0, 0.1) is 5.92 Å². The van der Waals surface area contributed by atoms with E-state index in [1.54, 1.807) is 0 Å². The molecule has 0 aromatic rings. The van der Waals surface area contributed by atoms with Gasteiger partial charge >= 0.3 is 0 Å². The SMILES string of the molecule is CCC1CCC(O)(CN2CCCC(NC3CC3)C2=O)CC1. The van der Waals surface area contributed by atoms with Gasteiger partial charge in [0.15, 0.2) is 0 Å². The van der Waals surface area contributed by atoms with Crippen molar-refractivity contribution in [3.63, 3.8) is 0 Å². The molecule has 2 N–H and O–H groups in total. The summed E-state index contributed by atoms with van der Waals surface area (Å²) >= 11 is 0. The van der Waals surface area contributed by atoms with Gasteiger partial charge in [-0.1, -0.05) is 13.3 Å². The Bertz CT molecular complexity index is 373. The lowest BCUT2D eigenvalue weighted by Crippen LogP contribution is -2.56. The fourth-order valence-corrected chi connectivity index (χ4v) is 3.92. The smallest absolute Gasteiger partial charge is 0.239 e. The number of β-amino-alcohol motifs (C(OH)–C–C–N with tert-alkyl or cyclic N) is 1. The number of rotatable bonds is 5. The molecule has 1 unspecified atom stereocenters. The molecule has 0 aromatic heterocycles. The first kappa shape index (κ1) is 15.3. The van der Waals surface area contributed by atoms with Gasteiger partial charge in [0.25, 0.3) is 0 Å². The summed E-state index contributed by atoms with van der Waals surface area (Å²) in [7, 11) is 0. The Morgan fingerprint density at radius 1 is 1.24 bits per heavy atom. The second kappa shape index (κ2) is 6.25. The van der Waals surface area contributed by atoms with Gasteiger partial charge in [-0.3, -0.25) is 4.79 Å². The van der Waals surface area contributed by atoms with Crippen molar-refractivity contribution in [2.45, 2.75) is 82.4 Å². The lowest BCUT2D eigenvalue weighted by atomic mass is 9.77. The first-order valence-corrected chi connectivity index (χ1v) is 8.87. The van der Waals surface area contributed by atoms with Crippen molar-refractivity contribution in [3.8, 4) is 0 Å². The highest BCUT2D eigenvalue weighted by Gasteiger charge is 2.39. The highest BCUT2D eigenvalue weighted by atomic mass is 16.3. The topological polar surface area (TPSA) is 52.6 Å². The van der Waals surface area contributed by atoms with Gasteiger partial charge in [-0.15, -0.1) is 0 Å². The van der Waals surface area contributed by atoms with Crippen LogP contribution in [0.5, 0.6) is 0 Å². The summed E-state index contributed by atoms with van der Waals surface area (Å²) < 4.78 is 0. The van der Waals surface area contributed by atoms with Crippen molar-refractivity contribution < 1.29 is 9.90 Å².